The predicted octanol–water partition coefficient (Wildman–Crippen LogP) is 3.19. The molecule has 0 unspecified atom stereocenters. The molecule has 0 rings (SSSR count). The maximum absolute atomic E-state index is 8.68. The second-order valence-electron chi connectivity index (χ2n) is 4.14. The Labute approximate surface area is 81.1 Å². The van der Waals surface area contributed by atoms with E-state index in [1.54, 1.807) is 0 Å². The molecule has 0 aromatic rings. The number of unbranched alkanes of at least 4 members (excludes halogenated alkanes) is 1. The molecule has 0 saturated heterocycles. The van der Waals surface area contributed by atoms with Gasteiger partial charge in [0.15, 0.2) is 0 Å². The van der Waals surface area contributed by atoms with Crippen molar-refractivity contribution in [3.05, 3.63) is 0 Å². The van der Waals surface area contributed by atoms with Gasteiger partial charge in [0.05, 0.1) is 0 Å². The molecule has 0 amide bonds. The van der Waals surface area contributed by atoms with Crippen molar-refractivity contribution in [1.29, 1.82) is 0 Å². The average molecular weight is 193 g/mol. The van der Waals surface area contributed by atoms with Gasteiger partial charge in [-0.3, -0.25) is 0 Å². The fourth-order valence-electron chi connectivity index (χ4n) is 1.38. The Balaban J connectivity index is 3.42. The molecule has 1 nitrogen and oxygen atoms in total. The monoisotopic (exact) mass is 192 g/mol. The standard InChI is InChI=1S/C10H21ClO/c1-10(2,7-5-9-12)6-3-4-8-11/h12H,3-9H2,1-2H3. The van der Waals surface area contributed by atoms with Gasteiger partial charge >= 0.3 is 0 Å². The van der Waals surface area contributed by atoms with Gasteiger partial charge in [-0.05, 0) is 31.1 Å². The highest BCUT2D eigenvalue weighted by Crippen LogP contribution is 2.28. The first-order valence-electron chi connectivity index (χ1n) is 4.79. The van der Waals surface area contributed by atoms with E-state index in [0.29, 0.717) is 12.0 Å². The van der Waals surface area contributed by atoms with Crippen LogP contribution in [0.25, 0.3) is 0 Å². The van der Waals surface area contributed by atoms with E-state index in [0.717, 1.165) is 25.1 Å². The summed E-state index contributed by atoms with van der Waals surface area (Å²) in [5.41, 5.74) is 0.384. The highest BCUT2D eigenvalue weighted by molar-refractivity contribution is 6.17. The molecule has 1 N–H and O–H groups in total. The van der Waals surface area contributed by atoms with E-state index in [4.69, 9.17) is 16.7 Å². The minimum Gasteiger partial charge on any atom is -0.396 e. The van der Waals surface area contributed by atoms with Crippen LogP contribution in [-0.2, 0) is 0 Å². The molecule has 0 atom stereocenters. The Bertz CT molecular complexity index is 102. The van der Waals surface area contributed by atoms with Crippen LogP contribution in [-0.4, -0.2) is 17.6 Å². The molecule has 0 aromatic carbocycles. The number of aliphatic hydroxyl groups is 1. The van der Waals surface area contributed by atoms with Crippen LogP contribution in [0.5, 0.6) is 0 Å². The largest absolute Gasteiger partial charge is 0.396 e. The fourth-order valence-corrected chi connectivity index (χ4v) is 1.57. The van der Waals surface area contributed by atoms with Crippen molar-refractivity contribution < 1.29 is 5.11 Å². The molecule has 0 bridgehead atoms. The molecule has 74 valence electrons. The molecule has 0 heterocycles. The third-order valence-corrected chi connectivity index (χ3v) is 2.52. The van der Waals surface area contributed by atoms with Gasteiger partial charge in [0.25, 0.3) is 0 Å². The lowest BCUT2D eigenvalue weighted by Crippen LogP contribution is -2.11. The molecule has 0 saturated carbocycles. The van der Waals surface area contributed by atoms with Crippen LogP contribution in [0.15, 0.2) is 0 Å². The van der Waals surface area contributed by atoms with Crippen LogP contribution >= 0.6 is 11.6 Å². The lowest BCUT2D eigenvalue weighted by atomic mass is 9.83. The molecular formula is C10H21ClO. The van der Waals surface area contributed by atoms with E-state index < -0.39 is 0 Å². The number of halogens is 1. The zero-order valence-corrected chi connectivity index (χ0v) is 9.03. The number of hydrogen-bond acceptors (Lipinski definition) is 1. The van der Waals surface area contributed by atoms with E-state index in [1.807, 2.05) is 0 Å². The number of rotatable bonds is 7. The zero-order chi connectivity index (χ0) is 9.45. The van der Waals surface area contributed by atoms with E-state index in [-0.39, 0.29) is 0 Å². The van der Waals surface area contributed by atoms with Crippen molar-refractivity contribution in [2.24, 2.45) is 5.41 Å². The van der Waals surface area contributed by atoms with Crippen LogP contribution < -0.4 is 0 Å². The van der Waals surface area contributed by atoms with Crippen molar-refractivity contribution in [3.63, 3.8) is 0 Å². The van der Waals surface area contributed by atoms with Gasteiger partial charge < -0.3 is 5.11 Å². The Morgan fingerprint density at radius 1 is 1.08 bits per heavy atom. The topological polar surface area (TPSA) is 20.2 Å². The first-order valence-corrected chi connectivity index (χ1v) is 5.33. The number of aliphatic hydroxyl groups excluding tert-OH is 1. The summed E-state index contributed by atoms with van der Waals surface area (Å²) in [4.78, 5) is 0. The Morgan fingerprint density at radius 3 is 2.17 bits per heavy atom. The van der Waals surface area contributed by atoms with E-state index in [9.17, 15) is 0 Å². The summed E-state index contributed by atoms with van der Waals surface area (Å²) < 4.78 is 0. The lowest BCUT2D eigenvalue weighted by Gasteiger charge is -2.23. The summed E-state index contributed by atoms with van der Waals surface area (Å²) in [7, 11) is 0. The zero-order valence-electron chi connectivity index (χ0n) is 8.27. The van der Waals surface area contributed by atoms with Crippen LogP contribution in [0, 0.1) is 5.41 Å². The summed E-state index contributed by atoms with van der Waals surface area (Å²) in [6.07, 6.45) is 5.59. The molecule has 0 aromatic heterocycles. The van der Waals surface area contributed by atoms with Crippen molar-refractivity contribution in [2.45, 2.75) is 46.0 Å². The molecule has 0 radical (unpaired) electrons. The summed E-state index contributed by atoms with van der Waals surface area (Å²) in [6, 6.07) is 0. The second kappa shape index (κ2) is 6.73. The number of hydrogen-bond donors (Lipinski definition) is 1. The van der Waals surface area contributed by atoms with Crippen molar-refractivity contribution >= 4 is 11.6 Å². The highest BCUT2D eigenvalue weighted by Gasteiger charge is 2.15. The Morgan fingerprint density at radius 2 is 1.67 bits per heavy atom. The molecular weight excluding hydrogens is 172 g/mol. The quantitative estimate of drug-likeness (QED) is 0.485. The molecule has 0 aliphatic rings. The van der Waals surface area contributed by atoms with Gasteiger partial charge in [-0.15, -0.1) is 11.6 Å². The molecule has 0 aliphatic carbocycles. The van der Waals surface area contributed by atoms with E-state index >= 15 is 0 Å². The third-order valence-electron chi connectivity index (χ3n) is 2.25. The van der Waals surface area contributed by atoms with Crippen LogP contribution in [0.3, 0.4) is 0 Å². The first-order chi connectivity index (χ1) is 5.62. The smallest absolute Gasteiger partial charge is 0.0431 e. The normalized spacial score (nSPS) is 12.0. The highest BCUT2D eigenvalue weighted by atomic mass is 35.5. The summed E-state index contributed by atoms with van der Waals surface area (Å²) in [5, 5.41) is 8.68. The van der Waals surface area contributed by atoms with E-state index in [1.165, 1.54) is 12.8 Å². The minimum absolute atomic E-state index is 0.318. The summed E-state index contributed by atoms with van der Waals surface area (Å²) in [5.74, 6) is 0.774. The van der Waals surface area contributed by atoms with Gasteiger partial charge in [0, 0.05) is 12.5 Å². The summed E-state index contributed by atoms with van der Waals surface area (Å²) >= 11 is 5.59. The van der Waals surface area contributed by atoms with Crippen LogP contribution in [0.4, 0.5) is 0 Å². The Kier molecular flexibility index (Phi) is 6.87. The van der Waals surface area contributed by atoms with Gasteiger partial charge in [0.2, 0.25) is 0 Å². The maximum atomic E-state index is 8.68. The lowest BCUT2D eigenvalue weighted by molar-refractivity contribution is 0.229. The third kappa shape index (κ3) is 6.93. The van der Waals surface area contributed by atoms with Gasteiger partial charge in [-0.2, -0.15) is 0 Å². The van der Waals surface area contributed by atoms with Gasteiger partial charge in [-0.25, -0.2) is 0 Å². The molecule has 0 spiro atoms. The molecule has 12 heavy (non-hydrogen) atoms. The molecule has 0 aliphatic heterocycles. The van der Waals surface area contributed by atoms with Gasteiger partial charge in [-0.1, -0.05) is 20.3 Å². The molecule has 2 heteroatoms. The minimum atomic E-state index is 0.318. The Hall–Kier alpha value is 0.250. The maximum Gasteiger partial charge on any atom is 0.0431 e. The predicted molar refractivity (Wildman–Crippen MR) is 54.7 cm³/mol. The van der Waals surface area contributed by atoms with Crippen LogP contribution in [0.1, 0.15) is 46.0 Å². The summed E-state index contributed by atoms with van der Waals surface area (Å²) in [6.45, 7) is 4.84. The molecule has 0 fully saturated rings. The van der Waals surface area contributed by atoms with Crippen molar-refractivity contribution in [2.75, 3.05) is 12.5 Å². The SMILES string of the molecule is CC(C)(CCCO)CCCCCl. The van der Waals surface area contributed by atoms with Crippen LogP contribution in [0.2, 0.25) is 0 Å². The number of alkyl halides is 1. The van der Waals surface area contributed by atoms with Crippen molar-refractivity contribution in [3.8, 4) is 0 Å². The second-order valence-corrected chi connectivity index (χ2v) is 4.52. The fraction of sp³-hybridized carbons (Fsp3) is 1.00. The van der Waals surface area contributed by atoms with E-state index in [2.05, 4.69) is 13.8 Å². The van der Waals surface area contributed by atoms with Gasteiger partial charge in [0.1, 0.15) is 0 Å². The van der Waals surface area contributed by atoms with Crippen molar-refractivity contribution in [1.82, 2.24) is 0 Å². The first kappa shape index (κ1) is 12.2. The average Bonchev–Trinajstić information content (AvgIpc) is 2.01.